The van der Waals surface area contributed by atoms with Crippen LogP contribution < -0.4 is 10.1 Å². The number of nitrogens with one attached hydrogen (secondary N) is 1. The molecule has 0 aliphatic heterocycles. The highest BCUT2D eigenvalue weighted by Crippen LogP contribution is 2.26. The van der Waals surface area contributed by atoms with Crippen molar-refractivity contribution in [2.45, 2.75) is 46.7 Å². The minimum atomic E-state index is -0.565. The van der Waals surface area contributed by atoms with Gasteiger partial charge in [0.15, 0.2) is 6.61 Å². The molecule has 0 aliphatic rings. The Morgan fingerprint density at radius 2 is 1.72 bits per heavy atom. The standard InChI is InChI=1S/C23H29ClN2O3/c1-6-20(23(28)25-5)26(13-18-10-8-7-9-15(18)2)21(27)14-29-19-11-16(3)22(24)17(4)12-19/h7-12,20H,6,13-14H2,1-5H3,(H,25,28)/t20-/m1/s1. The lowest BCUT2D eigenvalue weighted by Gasteiger charge is -2.30. The summed E-state index contributed by atoms with van der Waals surface area (Å²) >= 11 is 6.20. The molecular formula is C23H29ClN2O3. The van der Waals surface area contributed by atoms with Crippen molar-refractivity contribution in [1.82, 2.24) is 10.2 Å². The van der Waals surface area contributed by atoms with Crippen molar-refractivity contribution in [3.05, 3.63) is 63.7 Å². The number of nitrogens with zero attached hydrogens (tertiary/aromatic N) is 1. The van der Waals surface area contributed by atoms with E-state index in [4.69, 9.17) is 16.3 Å². The highest BCUT2D eigenvalue weighted by Gasteiger charge is 2.28. The number of amides is 2. The van der Waals surface area contributed by atoms with Crippen LogP contribution in [0.25, 0.3) is 0 Å². The lowest BCUT2D eigenvalue weighted by Crippen LogP contribution is -2.49. The van der Waals surface area contributed by atoms with E-state index in [2.05, 4.69) is 5.32 Å². The Morgan fingerprint density at radius 1 is 1.10 bits per heavy atom. The van der Waals surface area contributed by atoms with Gasteiger partial charge < -0.3 is 15.0 Å². The van der Waals surface area contributed by atoms with Gasteiger partial charge in [-0.3, -0.25) is 9.59 Å². The van der Waals surface area contributed by atoms with E-state index in [1.807, 2.05) is 64.1 Å². The van der Waals surface area contributed by atoms with Crippen LogP contribution in [0.3, 0.4) is 0 Å². The van der Waals surface area contributed by atoms with Gasteiger partial charge in [0.05, 0.1) is 0 Å². The second-order valence-electron chi connectivity index (χ2n) is 7.15. The summed E-state index contributed by atoms with van der Waals surface area (Å²) in [7, 11) is 1.58. The van der Waals surface area contributed by atoms with Gasteiger partial charge in [0.1, 0.15) is 11.8 Å². The fraction of sp³-hybridized carbons (Fsp3) is 0.391. The fourth-order valence-corrected chi connectivity index (χ4v) is 3.38. The van der Waals surface area contributed by atoms with Crippen LogP contribution >= 0.6 is 11.6 Å². The number of likely N-dealkylation sites (N-methyl/N-ethyl adjacent to an activating group) is 1. The molecule has 29 heavy (non-hydrogen) atoms. The number of hydrogen-bond donors (Lipinski definition) is 1. The number of halogens is 1. The number of carbonyl (C=O) groups is 2. The molecule has 0 bridgehead atoms. The first-order valence-electron chi connectivity index (χ1n) is 9.73. The minimum Gasteiger partial charge on any atom is -0.484 e. The third kappa shape index (κ3) is 5.73. The molecule has 1 N–H and O–H groups in total. The molecule has 0 aromatic heterocycles. The molecule has 0 saturated heterocycles. The van der Waals surface area contributed by atoms with E-state index in [-0.39, 0.29) is 18.4 Å². The third-order valence-electron chi connectivity index (χ3n) is 5.01. The predicted octanol–water partition coefficient (Wildman–Crippen LogP) is 4.20. The SMILES string of the molecule is CC[C@H](C(=O)NC)N(Cc1ccccc1C)C(=O)COc1cc(C)c(Cl)c(C)c1. The summed E-state index contributed by atoms with van der Waals surface area (Å²) < 4.78 is 5.76. The zero-order valence-electron chi connectivity index (χ0n) is 17.7. The summed E-state index contributed by atoms with van der Waals surface area (Å²) in [6.07, 6.45) is 0.510. The van der Waals surface area contributed by atoms with Gasteiger partial charge in [0.2, 0.25) is 5.91 Å². The molecule has 0 heterocycles. The van der Waals surface area contributed by atoms with Crippen LogP contribution in [0.4, 0.5) is 0 Å². The molecule has 1 atom stereocenters. The molecule has 2 amide bonds. The molecule has 6 heteroatoms. The number of ether oxygens (including phenoxy) is 1. The molecule has 5 nitrogen and oxygen atoms in total. The fourth-order valence-electron chi connectivity index (χ4n) is 3.27. The second-order valence-corrected chi connectivity index (χ2v) is 7.52. The van der Waals surface area contributed by atoms with Crippen LogP contribution in [0.15, 0.2) is 36.4 Å². The second kappa shape index (κ2) is 10.3. The van der Waals surface area contributed by atoms with Crippen molar-refractivity contribution in [3.63, 3.8) is 0 Å². The summed E-state index contributed by atoms with van der Waals surface area (Å²) in [5, 5.41) is 3.35. The molecule has 2 rings (SSSR count). The van der Waals surface area contributed by atoms with Crippen molar-refractivity contribution >= 4 is 23.4 Å². The van der Waals surface area contributed by atoms with Gasteiger partial charge in [0, 0.05) is 18.6 Å². The zero-order chi connectivity index (χ0) is 21.6. The van der Waals surface area contributed by atoms with Gasteiger partial charge in [-0.25, -0.2) is 0 Å². The number of aryl methyl sites for hydroxylation is 3. The lowest BCUT2D eigenvalue weighted by atomic mass is 10.1. The van der Waals surface area contributed by atoms with E-state index < -0.39 is 6.04 Å². The molecule has 2 aromatic carbocycles. The maximum atomic E-state index is 13.1. The smallest absolute Gasteiger partial charge is 0.261 e. The maximum Gasteiger partial charge on any atom is 0.261 e. The number of rotatable bonds is 8. The molecule has 0 fully saturated rings. The van der Waals surface area contributed by atoms with Crippen molar-refractivity contribution < 1.29 is 14.3 Å². The first kappa shape index (κ1) is 22.8. The number of benzene rings is 2. The van der Waals surface area contributed by atoms with E-state index >= 15 is 0 Å². The van der Waals surface area contributed by atoms with Crippen LogP contribution in [0.1, 0.15) is 35.6 Å². The van der Waals surface area contributed by atoms with E-state index in [0.29, 0.717) is 23.7 Å². The van der Waals surface area contributed by atoms with Crippen LogP contribution in [0, 0.1) is 20.8 Å². The highest BCUT2D eigenvalue weighted by molar-refractivity contribution is 6.32. The van der Waals surface area contributed by atoms with Gasteiger partial charge in [-0.05, 0) is 61.6 Å². The predicted molar refractivity (Wildman–Crippen MR) is 116 cm³/mol. The highest BCUT2D eigenvalue weighted by atomic mass is 35.5. The summed E-state index contributed by atoms with van der Waals surface area (Å²) in [5.41, 5.74) is 3.86. The summed E-state index contributed by atoms with van der Waals surface area (Å²) in [4.78, 5) is 27.1. The first-order valence-corrected chi connectivity index (χ1v) is 10.1. The summed E-state index contributed by atoms with van der Waals surface area (Å²) in [6, 6.07) is 10.9. The Labute approximate surface area is 178 Å². The molecule has 0 aliphatic carbocycles. The molecule has 0 radical (unpaired) electrons. The minimum absolute atomic E-state index is 0.153. The largest absolute Gasteiger partial charge is 0.484 e. The zero-order valence-corrected chi connectivity index (χ0v) is 18.5. The number of carbonyl (C=O) groups excluding carboxylic acids is 2. The Hall–Kier alpha value is -2.53. The first-order chi connectivity index (χ1) is 13.8. The average Bonchev–Trinajstić information content (AvgIpc) is 2.70. The molecule has 156 valence electrons. The Morgan fingerprint density at radius 3 is 2.28 bits per heavy atom. The number of hydrogen-bond acceptors (Lipinski definition) is 3. The van der Waals surface area contributed by atoms with Crippen molar-refractivity contribution in [2.75, 3.05) is 13.7 Å². The van der Waals surface area contributed by atoms with E-state index in [1.54, 1.807) is 11.9 Å². The molecule has 0 saturated carbocycles. The topological polar surface area (TPSA) is 58.6 Å². The molecule has 0 spiro atoms. The average molecular weight is 417 g/mol. The normalized spacial score (nSPS) is 11.7. The Bertz CT molecular complexity index is 859. The van der Waals surface area contributed by atoms with E-state index in [1.165, 1.54) is 0 Å². The monoisotopic (exact) mass is 416 g/mol. The van der Waals surface area contributed by atoms with E-state index in [0.717, 1.165) is 22.3 Å². The van der Waals surface area contributed by atoms with Crippen LogP contribution in [0.5, 0.6) is 5.75 Å². The lowest BCUT2D eigenvalue weighted by molar-refractivity contribution is -0.142. The van der Waals surface area contributed by atoms with Crippen LogP contribution in [-0.4, -0.2) is 36.4 Å². The maximum absolute atomic E-state index is 13.1. The summed E-state index contributed by atoms with van der Waals surface area (Å²) in [5.74, 6) is 0.156. The van der Waals surface area contributed by atoms with Crippen LogP contribution in [-0.2, 0) is 16.1 Å². The van der Waals surface area contributed by atoms with Crippen molar-refractivity contribution in [1.29, 1.82) is 0 Å². The van der Waals surface area contributed by atoms with E-state index in [9.17, 15) is 9.59 Å². The third-order valence-corrected chi connectivity index (χ3v) is 5.60. The van der Waals surface area contributed by atoms with Crippen molar-refractivity contribution in [2.24, 2.45) is 0 Å². The Balaban J connectivity index is 2.24. The van der Waals surface area contributed by atoms with Gasteiger partial charge in [-0.15, -0.1) is 0 Å². The van der Waals surface area contributed by atoms with Gasteiger partial charge in [0.25, 0.3) is 5.91 Å². The van der Waals surface area contributed by atoms with Gasteiger partial charge >= 0.3 is 0 Å². The van der Waals surface area contributed by atoms with Gasteiger partial charge in [-0.2, -0.15) is 0 Å². The van der Waals surface area contributed by atoms with Crippen LogP contribution in [0.2, 0.25) is 5.02 Å². The molecule has 0 unspecified atom stereocenters. The molecule has 2 aromatic rings. The van der Waals surface area contributed by atoms with Crippen molar-refractivity contribution in [3.8, 4) is 5.75 Å². The van der Waals surface area contributed by atoms with Gasteiger partial charge in [-0.1, -0.05) is 42.8 Å². The molecular weight excluding hydrogens is 388 g/mol. The summed E-state index contributed by atoms with van der Waals surface area (Å²) in [6.45, 7) is 7.87. The quantitative estimate of drug-likeness (QED) is 0.701. The Kier molecular flexibility index (Phi) is 8.09.